The number of anilines is 1. The summed E-state index contributed by atoms with van der Waals surface area (Å²) in [4.78, 5) is 18.7. The van der Waals surface area contributed by atoms with Crippen molar-refractivity contribution in [3.63, 3.8) is 0 Å². The Hall–Kier alpha value is -1.72. The van der Waals surface area contributed by atoms with Gasteiger partial charge in [0, 0.05) is 0 Å². The third-order valence-electron chi connectivity index (χ3n) is 1.96. The van der Waals surface area contributed by atoms with Crippen LogP contribution in [-0.4, -0.2) is 28.6 Å². The van der Waals surface area contributed by atoms with Crippen LogP contribution in [0.1, 0.15) is 19.5 Å². The molecule has 0 aliphatic rings. The molecule has 6 heteroatoms. The van der Waals surface area contributed by atoms with Crippen LogP contribution >= 0.6 is 0 Å². The highest BCUT2D eigenvalue weighted by atomic mass is 19.1. The average molecular weight is 227 g/mol. The molecule has 1 aromatic heterocycles. The third-order valence-corrected chi connectivity index (χ3v) is 1.96. The van der Waals surface area contributed by atoms with Crippen LogP contribution in [0.5, 0.6) is 0 Å². The molecule has 0 saturated heterocycles. The van der Waals surface area contributed by atoms with Crippen LogP contribution in [0.4, 0.5) is 10.2 Å². The van der Waals surface area contributed by atoms with Crippen molar-refractivity contribution in [1.82, 2.24) is 9.97 Å². The Balaban J connectivity index is 2.73. The first kappa shape index (κ1) is 12.4. The lowest BCUT2D eigenvalue weighted by Gasteiger charge is -2.13. The van der Waals surface area contributed by atoms with Gasteiger partial charge in [0.1, 0.15) is 12.4 Å². The lowest BCUT2D eigenvalue weighted by molar-refractivity contribution is -0.143. The molecular weight excluding hydrogens is 213 g/mol. The highest BCUT2D eigenvalue weighted by Crippen LogP contribution is 2.12. The van der Waals surface area contributed by atoms with Gasteiger partial charge in [-0.3, -0.25) is 0 Å². The van der Waals surface area contributed by atoms with E-state index in [1.807, 2.05) is 0 Å². The van der Waals surface area contributed by atoms with Crippen molar-refractivity contribution >= 4 is 11.8 Å². The minimum Gasteiger partial charge on any atom is -0.464 e. The van der Waals surface area contributed by atoms with E-state index in [1.54, 1.807) is 13.8 Å². The second-order valence-corrected chi connectivity index (χ2v) is 3.24. The van der Waals surface area contributed by atoms with Crippen molar-refractivity contribution in [1.29, 1.82) is 0 Å². The molecule has 0 bridgehead atoms. The van der Waals surface area contributed by atoms with Gasteiger partial charge in [-0.1, -0.05) is 0 Å². The predicted octanol–water partition coefficient (Wildman–Crippen LogP) is 1.29. The summed E-state index contributed by atoms with van der Waals surface area (Å²) in [5.41, 5.74) is 0.230. The van der Waals surface area contributed by atoms with Crippen LogP contribution < -0.4 is 5.32 Å². The number of halogens is 1. The molecule has 0 saturated carbocycles. The second-order valence-electron chi connectivity index (χ2n) is 3.24. The van der Waals surface area contributed by atoms with Gasteiger partial charge in [0.15, 0.2) is 11.6 Å². The number of rotatable bonds is 4. The average Bonchev–Trinajstić information content (AvgIpc) is 2.25. The van der Waals surface area contributed by atoms with Crippen LogP contribution in [-0.2, 0) is 9.53 Å². The van der Waals surface area contributed by atoms with Crippen molar-refractivity contribution in [2.75, 3.05) is 11.9 Å². The van der Waals surface area contributed by atoms with Crippen molar-refractivity contribution in [3.05, 3.63) is 17.8 Å². The van der Waals surface area contributed by atoms with E-state index in [0.717, 1.165) is 0 Å². The summed E-state index contributed by atoms with van der Waals surface area (Å²) in [7, 11) is 0. The fraction of sp³-hybridized carbons (Fsp3) is 0.500. The molecule has 1 N–H and O–H groups in total. The number of hydrogen-bond acceptors (Lipinski definition) is 5. The van der Waals surface area contributed by atoms with Crippen LogP contribution in [0.2, 0.25) is 0 Å². The molecule has 16 heavy (non-hydrogen) atoms. The number of ether oxygens (including phenoxy) is 1. The standard InChI is InChI=1S/C10H14FN3O2/c1-4-16-10(15)7(3)14-9-8(11)6(2)12-5-13-9/h5,7H,4H2,1-3H3,(H,12,13,14). The summed E-state index contributed by atoms with van der Waals surface area (Å²) in [6.07, 6.45) is 1.23. The lowest BCUT2D eigenvalue weighted by atomic mass is 10.3. The van der Waals surface area contributed by atoms with E-state index in [4.69, 9.17) is 4.74 Å². The van der Waals surface area contributed by atoms with Crippen molar-refractivity contribution in [3.8, 4) is 0 Å². The summed E-state index contributed by atoms with van der Waals surface area (Å²) in [5.74, 6) is -0.995. The van der Waals surface area contributed by atoms with Gasteiger partial charge in [-0.15, -0.1) is 0 Å². The lowest BCUT2D eigenvalue weighted by Crippen LogP contribution is -2.29. The van der Waals surface area contributed by atoms with E-state index in [0.29, 0.717) is 0 Å². The fourth-order valence-electron chi connectivity index (χ4n) is 1.09. The number of esters is 1. The largest absolute Gasteiger partial charge is 0.464 e. The number of aromatic nitrogens is 2. The van der Waals surface area contributed by atoms with E-state index >= 15 is 0 Å². The molecule has 1 rings (SSSR count). The van der Waals surface area contributed by atoms with Crippen molar-refractivity contribution < 1.29 is 13.9 Å². The molecule has 5 nitrogen and oxygen atoms in total. The molecule has 0 radical (unpaired) electrons. The SMILES string of the molecule is CCOC(=O)C(C)Nc1ncnc(C)c1F. The summed E-state index contributed by atoms with van der Waals surface area (Å²) in [6.45, 7) is 5.10. The third kappa shape index (κ3) is 2.88. The number of nitrogens with zero attached hydrogens (tertiary/aromatic N) is 2. The normalized spacial score (nSPS) is 12.0. The summed E-state index contributed by atoms with van der Waals surface area (Å²) in [6, 6.07) is -0.649. The predicted molar refractivity (Wildman–Crippen MR) is 56.4 cm³/mol. The molecule has 1 atom stereocenters. The number of nitrogens with one attached hydrogen (secondary N) is 1. The first-order chi connectivity index (χ1) is 7.56. The molecule has 0 spiro atoms. The Labute approximate surface area is 93.1 Å². The fourth-order valence-corrected chi connectivity index (χ4v) is 1.09. The Kier molecular flexibility index (Phi) is 4.16. The number of carbonyl (C=O) groups excluding carboxylic acids is 1. The number of carbonyl (C=O) groups is 1. The van der Waals surface area contributed by atoms with Crippen LogP contribution in [0, 0.1) is 12.7 Å². The van der Waals surface area contributed by atoms with E-state index in [1.165, 1.54) is 13.3 Å². The first-order valence-corrected chi connectivity index (χ1v) is 4.96. The van der Waals surface area contributed by atoms with Gasteiger partial charge >= 0.3 is 5.97 Å². The molecule has 0 aromatic carbocycles. The topological polar surface area (TPSA) is 64.1 Å². The smallest absolute Gasteiger partial charge is 0.328 e. The number of hydrogen-bond donors (Lipinski definition) is 1. The molecule has 1 unspecified atom stereocenters. The van der Waals surface area contributed by atoms with Crippen LogP contribution in [0.15, 0.2) is 6.33 Å². The van der Waals surface area contributed by atoms with E-state index < -0.39 is 17.8 Å². The van der Waals surface area contributed by atoms with Crippen LogP contribution in [0.3, 0.4) is 0 Å². The zero-order valence-electron chi connectivity index (χ0n) is 9.45. The molecule has 1 aromatic rings. The summed E-state index contributed by atoms with van der Waals surface area (Å²) >= 11 is 0. The Morgan fingerprint density at radius 3 is 2.94 bits per heavy atom. The maximum absolute atomic E-state index is 13.5. The molecule has 0 amide bonds. The molecule has 0 aliphatic carbocycles. The molecule has 0 aliphatic heterocycles. The van der Waals surface area contributed by atoms with Gasteiger partial charge in [-0.05, 0) is 20.8 Å². The number of aryl methyl sites for hydroxylation is 1. The van der Waals surface area contributed by atoms with Crippen LogP contribution in [0.25, 0.3) is 0 Å². The van der Waals surface area contributed by atoms with Gasteiger partial charge in [-0.25, -0.2) is 19.2 Å². The highest BCUT2D eigenvalue weighted by molar-refractivity contribution is 5.78. The van der Waals surface area contributed by atoms with Crippen molar-refractivity contribution in [2.24, 2.45) is 0 Å². The van der Waals surface area contributed by atoms with Gasteiger partial charge in [0.2, 0.25) is 0 Å². The second kappa shape index (κ2) is 5.39. The monoisotopic (exact) mass is 227 g/mol. The van der Waals surface area contributed by atoms with E-state index in [2.05, 4.69) is 15.3 Å². The zero-order valence-corrected chi connectivity index (χ0v) is 9.45. The van der Waals surface area contributed by atoms with Gasteiger partial charge in [0.05, 0.1) is 12.3 Å². The van der Waals surface area contributed by atoms with Gasteiger partial charge in [-0.2, -0.15) is 0 Å². The van der Waals surface area contributed by atoms with E-state index in [9.17, 15) is 9.18 Å². The highest BCUT2D eigenvalue weighted by Gasteiger charge is 2.17. The minimum absolute atomic E-state index is 0.00746. The van der Waals surface area contributed by atoms with Gasteiger partial charge < -0.3 is 10.1 Å². The molecule has 1 heterocycles. The summed E-state index contributed by atoms with van der Waals surface area (Å²) < 4.78 is 18.3. The van der Waals surface area contributed by atoms with E-state index in [-0.39, 0.29) is 18.1 Å². The maximum Gasteiger partial charge on any atom is 0.328 e. The zero-order chi connectivity index (χ0) is 12.1. The molecular formula is C10H14FN3O2. The summed E-state index contributed by atoms with van der Waals surface area (Å²) in [5, 5.41) is 2.63. The Morgan fingerprint density at radius 1 is 1.62 bits per heavy atom. The Morgan fingerprint density at radius 2 is 2.31 bits per heavy atom. The molecule has 88 valence electrons. The quantitative estimate of drug-likeness (QED) is 0.785. The first-order valence-electron chi connectivity index (χ1n) is 4.96. The maximum atomic E-state index is 13.5. The van der Waals surface area contributed by atoms with Gasteiger partial charge in [0.25, 0.3) is 0 Å². The Bertz CT molecular complexity index is 384. The molecule has 0 fully saturated rings. The minimum atomic E-state index is -0.649. The van der Waals surface area contributed by atoms with Crippen molar-refractivity contribution in [2.45, 2.75) is 26.8 Å².